The van der Waals surface area contributed by atoms with Crippen molar-refractivity contribution < 1.29 is 4.74 Å². The smallest absolute Gasteiger partial charge is 0.124 e. The molecule has 1 aromatic rings. The maximum absolute atomic E-state index is 6.07. The van der Waals surface area contributed by atoms with Crippen LogP contribution in [0.2, 0.25) is 0 Å². The van der Waals surface area contributed by atoms with Gasteiger partial charge in [0.25, 0.3) is 0 Å². The van der Waals surface area contributed by atoms with Crippen LogP contribution in [0.3, 0.4) is 0 Å². The molecule has 0 aromatic heterocycles. The van der Waals surface area contributed by atoms with Gasteiger partial charge in [-0.3, -0.25) is 4.90 Å². The van der Waals surface area contributed by atoms with Crippen LogP contribution in [0, 0.1) is 0 Å². The number of hydrogen-bond acceptors (Lipinski definition) is 3. The normalized spacial score (nSPS) is 13.2. The number of benzene rings is 1. The van der Waals surface area contributed by atoms with Crippen molar-refractivity contribution in [3.8, 4) is 5.75 Å². The Morgan fingerprint density at radius 2 is 1.71 bits per heavy atom. The molecule has 0 spiro atoms. The highest BCUT2D eigenvalue weighted by Gasteiger charge is 2.15. The van der Waals surface area contributed by atoms with E-state index < -0.39 is 0 Å². The fourth-order valence-electron chi connectivity index (χ4n) is 2.85. The first-order valence-electron chi connectivity index (χ1n) is 8.15. The molecule has 1 rings (SSSR count). The molecule has 1 aromatic carbocycles. The molecule has 0 fully saturated rings. The fraction of sp³-hybridized carbons (Fsp3) is 0.667. The zero-order valence-corrected chi connectivity index (χ0v) is 14.5. The molecule has 1 unspecified atom stereocenters. The monoisotopic (exact) mass is 292 g/mol. The summed E-state index contributed by atoms with van der Waals surface area (Å²) in [6, 6.07) is 9.80. The van der Waals surface area contributed by atoms with Gasteiger partial charge in [-0.2, -0.15) is 0 Å². The van der Waals surface area contributed by atoms with Gasteiger partial charge in [0, 0.05) is 30.2 Å². The second kappa shape index (κ2) is 9.06. The molecule has 1 atom stereocenters. The van der Waals surface area contributed by atoms with Gasteiger partial charge in [-0.15, -0.1) is 0 Å². The minimum absolute atomic E-state index is 0.354. The lowest BCUT2D eigenvalue weighted by Crippen LogP contribution is -2.39. The largest absolute Gasteiger partial charge is 0.492 e. The third-order valence-corrected chi connectivity index (χ3v) is 3.98. The van der Waals surface area contributed by atoms with Gasteiger partial charge >= 0.3 is 0 Å². The Balaban J connectivity index is 2.67. The van der Waals surface area contributed by atoms with E-state index in [-0.39, 0.29) is 0 Å². The van der Waals surface area contributed by atoms with Gasteiger partial charge in [0.05, 0.1) is 0 Å². The van der Waals surface area contributed by atoms with Crippen molar-refractivity contribution in [1.29, 1.82) is 0 Å². The predicted octanol–water partition coefficient (Wildman–Crippen LogP) is 3.85. The van der Waals surface area contributed by atoms with E-state index in [1.54, 1.807) is 0 Å². The molecule has 0 aliphatic carbocycles. The Hall–Kier alpha value is -1.06. The lowest BCUT2D eigenvalue weighted by molar-refractivity contribution is 0.141. The van der Waals surface area contributed by atoms with E-state index in [9.17, 15) is 0 Å². The van der Waals surface area contributed by atoms with Crippen LogP contribution in [-0.4, -0.2) is 37.2 Å². The molecule has 0 bridgehead atoms. The molecule has 0 aliphatic heterocycles. The zero-order chi connectivity index (χ0) is 15.8. The van der Waals surface area contributed by atoms with Gasteiger partial charge in [-0.1, -0.05) is 25.1 Å². The van der Waals surface area contributed by atoms with Gasteiger partial charge in [0.15, 0.2) is 0 Å². The Morgan fingerprint density at radius 3 is 2.24 bits per heavy atom. The molecule has 3 heteroatoms. The number of hydrogen-bond donors (Lipinski definition) is 1. The Bertz CT molecular complexity index is 392. The van der Waals surface area contributed by atoms with Crippen LogP contribution in [0.15, 0.2) is 24.3 Å². The molecule has 0 heterocycles. The van der Waals surface area contributed by atoms with Crippen LogP contribution in [0.5, 0.6) is 5.75 Å². The summed E-state index contributed by atoms with van der Waals surface area (Å²) in [5.41, 5.74) is 1.25. The highest BCUT2D eigenvalue weighted by molar-refractivity contribution is 5.35. The summed E-state index contributed by atoms with van der Waals surface area (Å²) in [5, 5.41) is 3.35. The maximum Gasteiger partial charge on any atom is 0.124 e. The molecule has 1 N–H and O–H groups in total. The van der Waals surface area contributed by atoms with Crippen LogP contribution in [0.1, 0.15) is 52.6 Å². The van der Waals surface area contributed by atoms with Crippen LogP contribution >= 0.6 is 0 Å². The number of para-hydroxylation sites is 1. The quantitative estimate of drug-likeness (QED) is 0.748. The fourth-order valence-corrected chi connectivity index (χ4v) is 2.85. The predicted molar refractivity (Wildman–Crippen MR) is 91.0 cm³/mol. The van der Waals surface area contributed by atoms with E-state index in [1.165, 1.54) is 5.56 Å². The van der Waals surface area contributed by atoms with Crippen LogP contribution in [0.25, 0.3) is 0 Å². The first-order valence-corrected chi connectivity index (χ1v) is 8.15. The first-order chi connectivity index (χ1) is 10.0. The summed E-state index contributed by atoms with van der Waals surface area (Å²) < 4.78 is 6.07. The average molecular weight is 292 g/mol. The molecule has 120 valence electrons. The van der Waals surface area contributed by atoms with Crippen molar-refractivity contribution in [3.63, 3.8) is 0 Å². The molecular formula is C18H32N2O. The third-order valence-electron chi connectivity index (χ3n) is 3.98. The minimum Gasteiger partial charge on any atom is -0.492 e. The Labute approximate surface area is 130 Å². The lowest BCUT2D eigenvalue weighted by Gasteiger charge is -2.30. The van der Waals surface area contributed by atoms with E-state index in [0.29, 0.717) is 18.1 Å². The summed E-state index contributed by atoms with van der Waals surface area (Å²) in [4.78, 5) is 2.46. The average Bonchev–Trinajstić information content (AvgIpc) is 2.45. The Kier molecular flexibility index (Phi) is 7.76. The van der Waals surface area contributed by atoms with Crippen molar-refractivity contribution >= 4 is 0 Å². The number of rotatable bonds is 9. The van der Waals surface area contributed by atoms with Gasteiger partial charge in [0.1, 0.15) is 12.4 Å². The Morgan fingerprint density at radius 1 is 1.10 bits per heavy atom. The zero-order valence-electron chi connectivity index (χ0n) is 14.5. The molecule has 3 nitrogen and oxygen atoms in total. The minimum atomic E-state index is 0.354. The standard InChI is InChI=1S/C18H32N2O/c1-7-17(19-6)16-10-8-9-11-18(16)21-13-12-20(14(2)3)15(4)5/h8-11,14-15,17,19H,7,12-13H2,1-6H3. The van der Waals surface area contributed by atoms with Gasteiger partial charge in [-0.25, -0.2) is 0 Å². The van der Waals surface area contributed by atoms with Crippen molar-refractivity contribution in [2.45, 2.75) is 59.2 Å². The van der Waals surface area contributed by atoms with E-state index >= 15 is 0 Å². The van der Waals surface area contributed by atoms with Crippen molar-refractivity contribution in [1.82, 2.24) is 10.2 Å². The van der Waals surface area contributed by atoms with Gasteiger partial charge < -0.3 is 10.1 Å². The summed E-state index contributed by atoms with van der Waals surface area (Å²) in [7, 11) is 2.00. The van der Waals surface area contributed by atoms with Crippen LogP contribution < -0.4 is 10.1 Å². The van der Waals surface area contributed by atoms with E-state index in [1.807, 2.05) is 13.1 Å². The molecular weight excluding hydrogens is 260 g/mol. The number of nitrogens with one attached hydrogen (secondary N) is 1. The van der Waals surface area contributed by atoms with Gasteiger partial charge in [-0.05, 0) is 47.2 Å². The summed E-state index contributed by atoms with van der Waals surface area (Å²) in [6.07, 6.45) is 1.06. The lowest BCUT2D eigenvalue weighted by atomic mass is 10.0. The van der Waals surface area contributed by atoms with E-state index in [2.05, 4.69) is 63.0 Å². The molecule has 21 heavy (non-hydrogen) atoms. The second-order valence-electron chi connectivity index (χ2n) is 6.06. The van der Waals surface area contributed by atoms with Crippen molar-refractivity contribution in [2.24, 2.45) is 0 Å². The van der Waals surface area contributed by atoms with Crippen molar-refractivity contribution in [2.75, 3.05) is 20.2 Å². The maximum atomic E-state index is 6.07. The van der Waals surface area contributed by atoms with Crippen LogP contribution in [0.4, 0.5) is 0 Å². The highest BCUT2D eigenvalue weighted by atomic mass is 16.5. The first kappa shape index (κ1) is 18.0. The summed E-state index contributed by atoms with van der Waals surface area (Å²) >= 11 is 0. The summed E-state index contributed by atoms with van der Waals surface area (Å²) in [6.45, 7) is 12.8. The second-order valence-corrected chi connectivity index (χ2v) is 6.06. The highest BCUT2D eigenvalue weighted by Crippen LogP contribution is 2.26. The SMILES string of the molecule is CCC(NC)c1ccccc1OCCN(C(C)C)C(C)C. The molecule has 0 amide bonds. The number of nitrogens with zero attached hydrogens (tertiary/aromatic N) is 1. The third kappa shape index (κ3) is 5.33. The molecule has 0 aliphatic rings. The van der Waals surface area contributed by atoms with E-state index in [4.69, 9.17) is 4.74 Å². The van der Waals surface area contributed by atoms with Gasteiger partial charge in [0.2, 0.25) is 0 Å². The van der Waals surface area contributed by atoms with Crippen molar-refractivity contribution in [3.05, 3.63) is 29.8 Å². The summed E-state index contributed by atoms with van der Waals surface area (Å²) in [5.74, 6) is 1.01. The molecule has 0 saturated heterocycles. The van der Waals surface area contributed by atoms with E-state index in [0.717, 1.165) is 25.3 Å². The molecule has 0 radical (unpaired) electrons. The molecule has 0 saturated carbocycles. The number of ether oxygens (including phenoxy) is 1. The topological polar surface area (TPSA) is 24.5 Å². The van der Waals surface area contributed by atoms with Crippen LogP contribution in [-0.2, 0) is 0 Å².